The summed E-state index contributed by atoms with van der Waals surface area (Å²) in [5.41, 5.74) is 1.85. The van der Waals surface area contributed by atoms with E-state index in [9.17, 15) is 4.79 Å². The SMILES string of the molecule is Cc1cc(C)n(CCN2CCCC2)c(=O)c1C#N. The van der Waals surface area contributed by atoms with Crippen molar-refractivity contribution in [3.05, 3.63) is 33.2 Å². The number of nitrogens with zero attached hydrogens (tertiary/aromatic N) is 3. The van der Waals surface area contributed by atoms with Gasteiger partial charge in [-0.25, -0.2) is 0 Å². The monoisotopic (exact) mass is 245 g/mol. The predicted octanol–water partition coefficient (Wildman–Crippen LogP) is 1.43. The number of aryl methyl sites for hydroxylation is 2. The first-order valence-corrected chi connectivity index (χ1v) is 6.47. The lowest BCUT2D eigenvalue weighted by Gasteiger charge is -2.17. The Hall–Kier alpha value is -1.60. The summed E-state index contributed by atoms with van der Waals surface area (Å²) in [5.74, 6) is 0. The molecule has 96 valence electrons. The first-order chi connectivity index (χ1) is 8.63. The van der Waals surface area contributed by atoms with Gasteiger partial charge in [-0.05, 0) is 51.4 Å². The molecule has 2 rings (SSSR count). The third kappa shape index (κ3) is 2.46. The van der Waals surface area contributed by atoms with Crippen LogP contribution >= 0.6 is 0 Å². The molecule has 4 nitrogen and oxygen atoms in total. The van der Waals surface area contributed by atoms with Crippen molar-refractivity contribution < 1.29 is 0 Å². The molecule has 1 aromatic heterocycles. The highest BCUT2D eigenvalue weighted by Gasteiger charge is 2.13. The molecule has 1 aromatic rings. The van der Waals surface area contributed by atoms with Gasteiger partial charge < -0.3 is 9.47 Å². The minimum Gasteiger partial charge on any atom is -0.311 e. The molecule has 0 aliphatic carbocycles. The normalized spacial score (nSPS) is 15.8. The zero-order valence-electron chi connectivity index (χ0n) is 11.1. The van der Waals surface area contributed by atoms with Crippen LogP contribution in [0.25, 0.3) is 0 Å². The Kier molecular flexibility index (Phi) is 3.83. The third-order valence-electron chi connectivity index (χ3n) is 3.65. The van der Waals surface area contributed by atoms with E-state index < -0.39 is 0 Å². The van der Waals surface area contributed by atoms with Gasteiger partial charge in [0.05, 0.1) is 0 Å². The summed E-state index contributed by atoms with van der Waals surface area (Å²) in [7, 11) is 0. The quantitative estimate of drug-likeness (QED) is 0.809. The number of pyridine rings is 1. The highest BCUT2D eigenvalue weighted by atomic mass is 16.1. The smallest absolute Gasteiger partial charge is 0.268 e. The fourth-order valence-corrected chi connectivity index (χ4v) is 2.59. The Labute approximate surface area is 107 Å². The summed E-state index contributed by atoms with van der Waals surface area (Å²) >= 11 is 0. The Morgan fingerprint density at radius 2 is 1.94 bits per heavy atom. The molecule has 0 amide bonds. The van der Waals surface area contributed by atoms with E-state index in [1.54, 1.807) is 4.57 Å². The Morgan fingerprint density at radius 1 is 1.28 bits per heavy atom. The highest BCUT2D eigenvalue weighted by molar-refractivity contribution is 5.36. The molecule has 0 radical (unpaired) electrons. The molecule has 1 aliphatic heterocycles. The second-order valence-corrected chi connectivity index (χ2v) is 4.96. The molecule has 0 unspecified atom stereocenters. The highest BCUT2D eigenvalue weighted by Crippen LogP contribution is 2.09. The second-order valence-electron chi connectivity index (χ2n) is 4.96. The van der Waals surface area contributed by atoms with E-state index in [1.807, 2.05) is 26.0 Å². The van der Waals surface area contributed by atoms with E-state index in [0.29, 0.717) is 6.54 Å². The van der Waals surface area contributed by atoms with Gasteiger partial charge >= 0.3 is 0 Å². The lowest BCUT2D eigenvalue weighted by atomic mass is 10.1. The van der Waals surface area contributed by atoms with Crippen molar-refractivity contribution in [3.8, 4) is 6.07 Å². The van der Waals surface area contributed by atoms with Gasteiger partial charge in [0.2, 0.25) is 0 Å². The maximum absolute atomic E-state index is 12.2. The molecular formula is C14H19N3O. The molecule has 0 atom stereocenters. The Balaban J connectivity index is 2.22. The van der Waals surface area contributed by atoms with Crippen LogP contribution in [0.1, 0.15) is 29.7 Å². The summed E-state index contributed by atoms with van der Waals surface area (Å²) in [5, 5.41) is 9.02. The minimum atomic E-state index is -0.144. The average Bonchev–Trinajstić information content (AvgIpc) is 2.81. The van der Waals surface area contributed by atoms with E-state index in [4.69, 9.17) is 5.26 Å². The van der Waals surface area contributed by atoms with Gasteiger partial charge in [0.15, 0.2) is 0 Å². The molecule has 0 aromatic carbocycles. The van der Waals surface area contributed by atoms with Crippen molar-refractivity contribution in [2.75, 3.05) is 19.6 Å². The first kappa shape index (κ1) is 12.8. The van der Waals surface area contributed by atoms with Crippen LogP contribution in [0.2, 0.25) is 0 Å². The first-order valence-electron chi connectivity index (χ1n) is 6.47. The molecule has 18 heavy (non-hydrogen) atoms. The number of nitriles is 1. The molecule has 0 bridgehead atoms. The van der Waals surface area contributed by atoms with Crippen molar-refractivity contribution in [3.63, 3.8) is 0 Å². The van der Waals surface area contributed by atoms with Crippen LogP contribution in [-0.4, -0.2) is 29.1 Å². The fourth-order valence-electron chi connectivity index (χ4n) is 2.59. The van der Waals surface area contributed by atoms with Crippen LogP contribution in [0.3, 0.4) is 0 Å². The van der Waals surface area contributed by atoms with Crippen LogP contribution in [0.5, 0.6) is 0 Å². The van der Waals surface area contributed by atoms with Crippen molar-refractivity contribution in [2.45, 2.75) is 33.2 Å². The number of hydrogen-bond donors (Lipinski definition) is 0. The Morgan fingerprint density at radius 3 is 2.56 bits per heavy atom. The van der Waals surface area contributed by atoms with Crippen LogP contribution in [0.4, 0.5) is 0 Å². The zero-order valence-corrected chi connectivity index (χ0v) is 11.1. The van der Waals surface area contributed by atoms with Gasteiger partial charge in [0.1, 0.15) is 11.6 Å². The molecule has 0 N–H and O–H groups in total. The standard InChI is InChI=1S/C14H19N3O/c1-11-9-12(2)17(14(18)13(11)10-15)8-7-16-5-3-4-6-16/h9H,3-8H2,1-2H3. The molecule has 4 heteroatoms. The molecule has 1 aliphatic rings. The van der Waals surface area contributed by atoms with Crippen LogP contribution < -0.4 is 5.56 Å². The van der Waals surface area contributed by atoms with Crippen LogP contribution in [0, 0.1) is 25.2 Å². The van der Waals surface area contributed by atoms with Gasteiger partial charge in [-0.3, -0.25) is 4.79 Å². The summed E-state index contributed by atoms with van der Waals surface area (Å²) in [4.78, 5) is 14.5. The van der Waals surface area contributed by atoms with E-state index in [2.05, 4.69) is 4.90 Å². The summed E-state index contributed by atoms with van der Waals surface area (Å²) < 4.78 is 1.73. The van der Waals surface area contributed by atoms with E-state index >= 15 is 0 Å². The lowest BCUT2D eigenvalue weighted by molar-refractivity contribution is 0.319. The largest absolute Gasteiger partial charge is 0.311 e. The maximum Gasteiger partial charge on any atom is 0.268 e. The van der Waals surface area contributed by atoms with Crippen LogP contribution in [0.15, 0.2) is 10.9 Å². The molecule has 1 fully saturated rings. The van der Waals surface area contributed by atoms with Gasteiger partial charge in [-0.2, -0.15) is 5.26 Å². The van der Waals surface area contributed by atoms with Crippen molar-refractivity contribution in [1.82, 2.24) is 9.47 Å². The topological polar surface area (TPSA) is 49.0 Å². The average molecular weight is 245 g/mol. The lowest BCUT2D eigenvalue weighted by Crippen LogP contribution is -2.31. The number of rotatable bonds is 3. The summed E-state index contributed by atoms with van der Waals surface area (Å²) in [6, 6.07) is 3.93. The number of likely N-dealkylation sites (tertiary alicyclic amines) is 1. The van der Waals surface area contributed by atoms with E-state index in [0.717, 1.165) is 30.9 Å². The number of aromatic nitrogens is 1. The Bertz CT molecular complexity index is 533. The van der Waals surface area contributed by atoms with Gasteiger partial charge in [0.25, 0.3) is 5.56 Å². The third-order valence-corrected chi connectivity index (χ3v) is 3.65. The molecule has 2 heterocycles. The predicted molar refractivity (Wildman–Crippen MR) is 70.6 cm³/mol. The zero-order chi connectivity index (χ0) is 13.1. The molecular weight excluding hydrogens is 226 g/mol. The molecule has 0 saturated carbocycles. The summed E-state index contributed by atoms with van der Waals surface area (Å²) in [6.07, 6.45) is 2.51. The van der Waals surface area contributed by atoms with E-state index in [-0.39, 0.29) is 11.1 Å². The van der Waals surface area contributed by atoms with Crippen molar-refractivity contribution in [1.29, 1.82) is 5.26 Å². The van der Waals surface area contributed by atoms with Crippen molar-refractivity contribution in [2.24, 2.45) is 0 Å². The minimum absolute atomic E-state index is 0.144. The summed E-state index contributed by atoms with van der Waals surface area (Å²) in [6.45, 7) is 7.58. The van der Waals surface area contributed by atoms with Gasteiger partial charge in [-0.15, -0.1) is 0 Å². The maximum atomic E-state index is 12.2. The molecule has 1 saturated heterocycles. The van der Waals surface area contributed by atoms with E-state index in [1.165, 1.54) is 12.8 Å². The fraction of sp³-hybridized carbons (Fsp3) is 0.571. The van der Waals surface area contributed by atoms with Gasteiger partial charge in [-0.1, -0.05) is 0 Å². The van der Waals surface area contributed by atoms with Crippen molar-refractivity contribution >= 4 is 0 Å². The molecule has 0 spiro atoms. The van der Waals surface area contributed by atoms with Crippen LogP contribution in [-0.2, 0) is 6.54 Å². The second kappa shape index (κ2) is 5.36. The van der Waals surface area contributed by atoms with Gasteiger partial charge in [0, 0.05) is 18.8 Å². The number of hydrogen-bond acceptors (Lipinski definition) is 3.